The Balaban J connectivity index is 1.97. The largest absolute Gasteiger partial charge is 0.480 e. The number of hydrogen-bond acceptors (Lipinski definition) is 3. The number of aliphatic carboxylic acids is 1. The third-order valence-corrected chi connectivity index (χ3v) is 3.78. The average molecular weight is 226 g/mol. The van der Waals surface area contributed by atoms with Gasteiger partial charge in [0.1, 0.15) is 5.54 Å². The lowest BCUT2D eigenvalue weighted by atomic mass is 10.0. The Morgan fingerprint density at radius 2 is 2.19 bits per heavy atom. The molecule has 1 aliphatic carbocycles. The number of carboxylic acid groups (broad SMARTS) is 1. The molecule has 1 aliphatic heterocycles. The Bertz CT molecular complexity index is 278. The SMILES string of the molecule is CC1CCCN1CC(C)(NC1CC1)C(=O)O. The quantitative estimate of drug-likeness (QED) is 0.736. The zero-order valence-corrected chi connectivity index (χ0v) is 10.2. The molecular formula is C12H22N2O2. The van der Waals surface area contributed by atoms with Gasteiger partial charge in [0.25, 0.3) is 0 Å². The summed E-state index contributed by atoms with van der Waals surface area (Å²) in [6, 6.07) is 0.957. The van der Waals surface area contributed by atoms with E-state index >= 15 is 0 Å². The Morgan fingerprint density at radius 3 is 2.62 bits per heavy atom. The Labute approximate surface area is 97.0 Å². The first-order valence-corrected chi connectivity index (χ1v) is 6.26. The zero-order chi connectivity index (χ0) is 11.8. The van der Waals surface area contributed by atoms with Crippen LogP contribution in [0.2, 0.25) is 0 Å². The van der Waals surface area contributed by atoms with Crippen molar-refractivity contribution in [3.8, 4) is 0 Å². The molecule has 0 aromatic heterocycles. The van der Waals surface area contributed by atoms with Crippen molar-refractivity contribution in [2.75, 3.05) is 13.1 Å². The van der Waals surface area contributed by atoms with Gasteiger partial charge in [-0.3, -0.25) is 15.0 Å². The first-order valence-electron chi connectivity index (χ1n) is 6.26. The molecule has 2 atom stereocenters. The molecule has 0 aromatic carbocycles. The van der Waals surface area contributed by atoms with E-state index in [9.17, 15) is 9.90 Å². The summed E-state index contributed by atoms with van der Waals surface area (Å²) in [6.45, 7) is 5.67. The smallest absolute Gasteiger partial charge is 0.324 e. The van der Waals surface area contributed by atoms with Crippen LogP contribution in [0.1, 0.15) is 39.5 Å². The van der Waals surface area contributed by atoms with Crippen molar-refractivity contribution in [3.05, 3.63) is 0 Å². The second-order valence-electron chi connectivity index (χ2n) is 5.52. The van der Waals surface area contributed by atoms with E-state index in [0.717, 1.165) is 19.4 Å². The molecule has 1 saturated carbocycles. The molecule has 1 saturated heterocycles. The van der Waals surface area contributed by atoms with Gasteiger partial charge in [-0.1, -0.05) is 0 Å². The van der Waals surface area contributed by atoms with Crippen LogP contribution in [0.15, 0.2) is 0 Å². The van der Waals surface area contributed by atoms with Gasteiger partial charge in [0.05, 0.1) is 0 Å². The van der Waals surface area contributed by atoms with Crippen molar-refractivity contribution in [3.63, 3.8) is 0 Å². The fourth-order valence-corrected chi connectivity index (χ4v) is 2.49. The molecule has 0 spiro atoms. The first kappa shape index (κ1) is 11.9. The highest BCUT2D eigenvalue weighted by atomic mass is 16.4. The van der Waals surface area contributed by atoms with E-state index in [2.05, 4.69) is 17.1 Å². The van der Waals surface area contributed by atoms with Gasteiger partial charge in [-0.2, -0.15) is 0 Å². The average Bonchev–Trinajstić information content (AvgIpc) is 2.91. The third-order valence-electron chi connectivity index (χ3n) is 3.78. The van der Waals surface area contributed by atoms with Crippen molar-refractivity contribution in [2.24, 2.45) is 0 Å². The molecule has 92 valence electrons. The molecule has 2 N–H and O–H groups in total. The number of hydrogen-bond donors (Lipinski definition) is 2. The Morgan fingerprint density at radius 1 is 1.50 bits per heavy atom. The van der Waals surface area contributed by atoms with E-state index in [1.807, 2.05) is 6.92 Å². The molecule has 0 radical (unpaired) electrons. The van der Waals surface area contributed by atoms with E-state index in [1.165, 1.54) is 12.8 Å². The van der Waals surface area contributed by atoms with Crippen LogP contribution < -0.4 is 5.32 Å². The lowest BCUT2D eigenvalue weighted by Gasteiger charge is -2.33. The van der Waals surface area contributed by atoms with Crippen molar-refractivity contribution < 1.29 is 9.90 Å². The number of nitrogens with zero attached hydrogens (tertiary/aromatic N) is 1. The summed E-state index contributed by atoms with van der Waals surface area (Å²) in [7, 11) is 0. The molecule has 2 aliphatic rings. The maximum Gasteiger partial charge on any atom is 0.324 e. The maximum absolute atomic E-state index is 11.4. The molecule has 16 heavy (non-hydrogen) atoms. The highest BCUT2D eigenvalue weighted by Gasteiger charge is 2.41. The van der Waals surface area contributed by atoms with Gasteiger partial charge in [0, 0.05) is 18.6 Å². The van der Waals surface area contributed by atoms with Crippen LogP contribution in [0.25, 0.3) is 0 Å². The molecule has 2 rings (SSSR count). The minimum absolute atomic E-state index is 0.430. The van der Waals surface area contributed by atoms with Crippen molar-refractivity contribution in [1.82, 2.24) is 10.2 Å². The van der Waals surface area contributed by atoms with Crippen LogP contribution in [0.5, 0.6) is 0 Å². The molecule has 4 heteroatoms. The van der Waals surface area contributed by atoms with Gasteiger partial charge >= 0.3 is 5.97 Å². The number of carbonyl (C=O) groups is 1. The summed E-state index contributed by atoms with van der Waals surface area (Å²) in [5.41, 5.74) is -0.778. The van der Waals surface area contributed by atoms with Crippen molar-refractivity contribution >= 4 is 5.97 Å². The molecule has 0 bridgehead atoms. The summed E-state index contributed by atoms with van der Waals surface area (Å²) in [4.78, 5) is 13.7. The van der Waals surface area contributed by atoms with E-state index < -0.39 is 11.5 Å². The fourth-order valence-electron chi connectivity index (χ4n) is 2.49. The topological polar surface area (TPSA) is 52.6 Å². The fraction of sp³-hybridized carbons (Fsp3) is 0.917. The highest BCUT2D eigenvalue weighted by molar-refractivity contribution is 5.78. The number of likely N-dealkylation sites (tertiary alicyclic amines) is 1. The number of nitrogens with one attached hydrogen (secondary N) is 1. The Kier molecular flexibility index (Phi) is 3.22. The van der Waals surface area contributed by atoms with E-state index in [0.29, 0.717) is 18.6 Å². The first-order chi connectivity index (χ1) is 7.51. The van der Waals surface area contributed by atoms with Crippen LogP contribution in [0.3, 0.4) is 0 Å². The molecule has 0 amide bonds. The standard InChI is InChI=1S/C12H22N2O2/c1-9-4-3-7-14(9)8-12(2,11(15)16)13-10-5-6-10/h9-10,13H,3-8H2,1-2H3,(H,15,16). The molecule has 4 nitrogen and oxygen atoms in total. The summed E-state index contributed by atoms with van der Waals surface area (Å²) < 4.78 is 0. The highest BCUT2D eigenvalue weighted by Crippen LogP contribution is 2.25. The summed E-state index contributed by atoms with van der Waals surface area (Å²) >= 11 is 0. The molecular weight excluding hydrogens is 204 g/mol. The molecule has 2 fully saturated rings. The van der Waals surface area contributed by atoms with E-state index in [4.69, 9.17) is 0 Å². The second kappa shape index (κ2) is 4.34. The third kappa shape index (κ3) is 2.55. The van der Waals surface area contributed by atoms with Gasteiger partial charge in [-0.15, -0.1) is 0 Å². The normalized spacial score (nSPS) is 30.2. The van der Waals surface area contributed by atoms with Crippen LogP contribution in [0, 0.1) is 0 Å². The lowest BCUT2D eigenvalue weighted by molar-refractivity contribution is -0.145. The summed E-state index contributed by atoms with van der Waals surface area (Å²) in [5, 5.41) is 12.6. The Hall–Kier alpha value is -0.610. The summed E-state index contributed by atoms with van der Waals surface area (Å²) in [6.07, 6.45) is 4.64. The molecule has 1 heterocycles. The molecule has 2 unspecified atom stereocenters. The van der Waals surface area contributed by atoms with E-state index in [1.54, 1.807) is 0 Å². The van der Waals surface area contributed by atoms with Gasteiger partial charge in [0.2, 0.25) is 0 Å². The monoisotopic (exact) mass is 226 g/mol. The van der Waals surface area contributed by atoms with Crippen LogP contribution >= 0.6 is 0 Å². The van der Waals surface area contributed by atoms with Crippen LogP contribution in [0.4, 0.5) is 0 Å². The lowest BCUT2D eigenvalue weighted by Crippen LogP contribution is -2.58. The summed E-state index contributed by atoms with van der Waals surface area (Å²) in [5.74, 6) is -0.724. The van der Waals surface area contributed by atoms with Gasteiger partial charge in [0.15, 0.2) is 0 Å². The predicted octanol–water partition coefficient (Wildman–Crippen LogP) is 1.07. The van der Waals surface area contributed by atoms with Gasteiger partial charge in [-0.05, 0) is 46.1 Å². The minimum Gasteiger partial charge on any atom is -0.480 e. The van der Waals surface area contributed by atoms with Gasteiger partial charge < -0.3 is 5.11 Å². The van der Waals surface area contributed by atoms with Crippen LogP contribution in [-0.4, -0.2) is 46.7 Å². The van der Waals surface area contributed by atoms with Crippen molar-refractivity contribution in [1.29, 1.82) is 0 Å². The van der Waals surface area contributed by atoms with E-state index in [-0.39, 0.29) is 0 Å². The number of rotatable bonds is 5. The minimum atomic E-state index is -0.778. The zero-order valence-electron chi connectivity index (χ0n) is 10.2. The van der Waals surface area contributed by atoms with Crippen molar-refractivity contribution in [2.45, 2.75) is 57.2 Å². The molecule has 0 aromatic rings. The second-order valence-corrected chi connectivity index (χ2v) is 5.52. The number of carboxylic acids is 1. The van der Waals surface area contributed by atoms with Gasteiger partial charge in [-0.25, -0.2) is 0 Å². The van der Waals surface area contributed by atoms with Crippen LogP contribution in [-0.2, 0) is 4.79 Å². The maximum atomic E-state index is 11.4. The predicted molar refractivity (Wildman–Crippen MR) is 62.5 cm³/mol.